The van der Waals surface area contributed by atoms with Crippen molar-refractivity contribution in [2.24, 2.45) is 11.8 Å². The minimum absolute atomic E-state index is 0.106. The van der Waals surface area contributed by atoms with Gasteiger partial charge < -0.3 is 13.9 Å². The first kappa shape index (κ1) is 22.7. The van der Waals surface area contributed by atoms with Gasteiger partial charge >= 0.3 is 0 Å². The number of rotatable bonds is 6. The molecule has 2 radical (unpaired) electrons. The third kappa shape index (κ3) is 3.34. The van der Waals surface area contributed by atoms with Crippen LogP contribution in [0.3, 0.4) is 0 Å². The molecule has 2 aromatic rings. The van der Waals surface area contributed by atoms with Crippen LogP contribution >= 0.6 is 0 Å². The van der Waals surface area contributed by atoms with E-state index in [2.05, 4.69) is 45.0 Å². The van der Waals surface area contributed by atoms with Gasteiger partial charge in [0.25, 0.3) is 8.32 Å². The standard InChI is InChI=1S/C25H32BFO3Si/c1-17-20-22(28-5)25(21(17)27,30-23(20)26)16-29-31(24(2,3)4,18-12-8-6-9-13-18)19-14-10-7-11-15-19/h6-15,17,20-23H,16H2,1-5H3/t17?,20-,21?,22+,23-,25+/m1/s1. The van der Waals surface area contributed by atoms with Crippen LogP contribution in [0.5, 0.6) is 0 Å². The zero-order chi connectivity index (χ0) is 22.4. The molecule has 6 atom stereocenters. The fourth-order valence-corrected chi connectivity index (χ4v) is 10.5. The summed E-state index contributed by atoms with van der Waals surface area (Å²) in [5.41, 5.74) is -1.19. The van der Waals surface area contributed by atoms with E-state index in [1.54, 1.807) is 7.11 Å². The summed E-state index contributed by atoms with van der Waals surface area (Å²) in [6, 6.07) is 20.2. The smallest absolute Gasteiger partial charge is 0.261 e. The summed E-state index contributed by atoms with van der Waals surface area (Å²) in [5, 5.41) is 2.10. The van der Waals surface area contributed by atoms with E-state index in [-0.39, 0.29) is 23.5 Å². The molecule has 1 aliphatic carbocycles. The Morgan fingerprint density at radius 2 is 1.55 bits per heavy atom. The maximum Gasteiger partial charge on any atom is 0.261 e. The Balaban J connectivity index is 1.81. The first-order valence-corrected chi connectivity index (χ1v) is 12.9. The zero-order valence-electron chi connectivity index (χ0n) is 19.0. The molecule has 2 aliphatic rings. The second-order valence-corrected chi connectivity index (χ2v) is 14.3. The van der Waals surface area contributed by atoms with Gasteiger partial charge in [-0.15, -0.1) is 0 Å². The summed E-state index contributed by atoms with van der Waals surface area (Å²) in [7, 11) is 5.05. The number of methoxy groups -OCH3 is 1. The maximum absolute atomic E-state index is 15.6. The van der Waals surface area contributed by atoms with Crippen molar-refractivity contribution in [1.29, 1.82) is 0 Å². The van der Waals surface area contributed by atoms with Crippen LogP contribution in [0.4, 0.5) is 4.39 Å². The lowest BCUT2D eigenvalue weighted by molar-refractivity contribution is -0.147. The highest BCUT2D eigenvalue weighted by molar-refractivity contribution is 6.99. The van der Waals surface area contributed by atoms with Gasteiger partial charge in [0.05, 0.1) is 12.7 Å². The van der Waals surface area contributed by atoms with E-state index in [4.69, 9.17) is 21.7 Å². The van der Waals surface area contributed by atoms with Gasteiger partial charge in [-0.2, -0.15) is 0 Å². The van der Waals surface area contributed by atoms with Crippen molar-refractivity contribution in [3.05, 3.63) is 60.7 Å². The van der Waals surface area contributed by atoms with Crippen molar-refractivity contribution in [2.45, 2.75) is 56.6 Å². The monoisotopic (exact) mass is 438 g/mol. The lowest BCUT2D eigenvalue weighted by atomic mass is 9.80. The van der Waals surface area contributed by atoms with Gasteiger partial charge in [0.2, 0.25) is 0 Å². The van der Waals surface area contributed by atoms with Gasteiger partial charge in [-0.25, -0.2) is 4.39 Å². The first-order valence-electron chi connectivity index (χ1n) is 11.0. The Kier molecular flexibility index (Phi) is 5.97. The largest absolute Gasteiger partial charge is 0.404 e. The molecule has 2 bridgehead atoms. The summed E-state index contributed by atoms with van der Waals surface area (Å²) in [6.45, 7) is 8.62. The van der Waals surface area contributed by atoms with Crippen LogP contribution in [0.1, 0.15) is 27.7 Å². The Bertz CT molecular complexity index is 851. The average Bonchev–Trinajstić information content (AvgIpc) is 3.15. The molecule has 0 amide bonds. The molecule has 0 N–H and O–H groups in total. The topological polar surface area (TPSA) is 27.7 Å². The summed E-state index contributed by atoms with van der Waals surface area (Å²) in [4.78, 5) is 0. The number of fused-ring (bicyclic) bond motifs is 2. The minimum atomic E-state index is -2.82. The third-order valence-corrected chi connectivity index (χ3v) is 12.3. The minimum Gasteiger partial charge on any atom is -0.404 e. The molecule has 2 unspecified atom stereocenters. The summed E-state index contributed by atoms with van der Waals surface area (Å²) >= 11 is 0. The first-order chi connectivity index (χ1) is 14.7. The number of alkyl halides is 1. The Morgan fingerprint density at radius 1 is 1.03 bits per heavy atom. The third-order valence-electron chi connectivity index (χ3n) is 7.29. The molecule has 4 rings (SSSR count). The van der Waals surface area contributed by atoms with Crippen molar-refractivity contribution in [2.75, 3.05) is 13.7 Å². The van der Waals surface area contributed by atoms with Crippen LogP contribution in [0.15, 0.2) is 60.7 Å². The molecular weight excluding hydrogens is 406 g/mol. The SMILES string of the molecule is [B][C@@H]1O[C@@]2(CO[Si](c3ccccc3)(c3ccccc3)C(C)(C)C)C(F)C(C)[C@@H]1[C@@H]2OC. The number of hydrogen-bond acceptors (Lipinski definition) is 3. The molecule has 1 saturated carbocycles. The molecule has 0 aromatic heterocycles. The van der Waals surface area contributed by atoms with E-state index < -0.39 is 32.2 Å². The fraction of sp³-hybridized carbons (Fsp3) is 0.520. The fourth-order valence-electron chi connectivity index (χ4n) is 5.87. The van der Waals surface area contributed by atoms with Crippen LogP contribution < -0.4 is 10.4 Å². The summed E-state index contributed by atoms with van der Waals surface area (Å²) < 4.78 is 34.5. The molecule has 3 nitrogen and oxygen atoms in total. The predicted octanol–water partition coefficient (Wildman–Crippen LogP) is 3.45. The number of benzene rings is 2. The second kappa shape index (κ2) is 8.14. The molecule has 0 spiro atoms. The summed E-state index contributed by atoms with van der Waals surface area (Å²) in [5.74, 6) is -0.417. The number of hydrogen-bond donors (Lipinski definition) is 0. The van der Waals surface area contributed by atoms with Crippen molar-refractivity contribution in [1.82, 2.24) is 0 Å². The van der Waals surface area contributed by atoms with Gasteiger partial charge in [0, 0.05) is 19.0 Å². The van der Waals surface area contributed by atoms with E-state index in [9.17, 15) is 0 Å². The van der Waals surface area contributed by atoms with Gasteiger partial charge in [0.15, 0.2) is 0 Å². The molecule has 164 valence electrons. The molecule has 2 fully saturated rings. The second-order valence-electron chi connectivity index (χ2n) is 9.98. The van der Waals surface area contributed by atoms with Gasteiger partial charge in [-0.1, -0.05) is 88.4 Å². The normalized spacial score (nSPS) is 33.0. The summed E-state index contributed by atoms with van der Waals surface area (Å²) in [6.07, 6.45) is -1.62. The van der Waals surface area contributed by atoms with Crippen molar-refractivity contribution < 1.29 is 18.3 Å². The van der Waals surface area contributed by atoms with Gasteiger partial charge in [0.1, 0.15) is 19.6 Å². The molecule has 2 aromatic carbocycles. The average molecular weight is 438 g/mol. The zero-order valence-corrected chi connectivity index (χ0v) is 20.0. The molecule has 1 saturated heterocycles. The highest BCUT2D eigenvalue weighted by atomic mass is 28.4. The Hall–Kier alpha value is -1.47. The lowest BCUT2D eigenvalue weighted by Crippen LogP contribution is -2.68. The Morgan fingerprint density at radius 3 is 2.00 bits per heavy atom. The van der Waals surface area contributed by atoms with Crippen molar-refractivity contribution >= 4 is 26.5 Å². The molecular formula is C25H32BFO3Si. The molecule has 31 heavy (non-hydrogen) atoms. The number of halogens is 1. The number of ether oxygens (including phenoxy) is 2. The predicted molar refractivity (Wildman–Crippen MR) is 125 cm³/mol. The molecule has 1 aliphatic heterocycles. The van der Waals surface area contributed by atoms with Crippen LogP contribution in [0.25, 0.3) is 0 Å². The van der Waals surface area contributed by atoms with Gasteiger partial charge in [-0.05, 0) is 21.3 Å². The van der Waals surface area contributed by atoms with Crippen LogP contribution in [-0.2, 0) is 13.9 Å². The highest BCUT2D eigenvalue weighted by Crippen LogP contribution is 2.54. The quantitative estimate of drug-likeness (QED) is 0.647. The van der Waals surface area contributed by atoms with Crippen molar-refractivity contribution in [3.63, 3.8) is 0 Å². The van der Waals surface area contributed by atoms with E-state index in [1.165, 1.54) is 0 Å². The van der Waals surface area contributed by atoms with E-state index in [0.29, 0.717) is 0 Å². The van der Waals surface area contributed by atoms with Crippen LogP contribution in [-0.4, -0.2) is 53.8 Å². The van der Waals surface area contributed by atoms with E-state index in [1.807, 2.05) is 43.3 Å². The van der Waals surface area contributed by atoms with Crippen LogP contribution in [0, 0.1) is 11.8 Å². The molecule has 6 heteroatoms. The lowest BCUT2D eigenvalue weighted by Gasteiger charge is -2.46. The van der Waals surface area contributed by atoms with Gasteiger partial charge in [-0.3, -0.25) is 0 Å². The van der Waals surface area contributed by atoms with Crippen LogP contribution in [0.2, 0.25) is 5.04 Å². The van der Waals surface area contributed by atoms with E-state index >= 15 is 4.39 Å². The maximum atomic E-state index is 15.6. The molecule has 1 heterocycles. The Labute approximate surface area is 187 Å². The van der Waals surface area contributed by atoms with Crippen molar-refractivity contribution in [3.8, 4) is 0 Å². The van der Waals surface area contributed by atoms with E-state index in [0.717, 1.165) is 10.4 Å². The highest BCUT2D eigenvalue weighted by Gasteiger charge is 2.69.